The first-order valence-corrected chi connectivity index (χ1v) is 4.49. The average molecular weight is 155 g/mol. The lowest BCUT2D eigenvalue weighted by Crippen LogP contribution is -1.94. The molecule has 1 unspecified atom stereocenters. The van der Waals surface area contributed by atoms with Gasteiger partial charge in [-0.2, -0.15) is 0 Å². The Morgan fingerprint density at radius 2 is 2.00 bits per heavy atom. The summed E-state index contributed by atoms with van der Waals surface area (Å²) in [5.41, 5.74) is 0. The molecule has 50 valence electrons. The van der Waals surface area contributed by atoms with E-state index in [2.05, 4.69) is 0 Å². The van der Waals surface area contributed by atoms with Crippen LogP contribution in [-0.4, -0.2) is 21.1 Å². The number of halogens is 1. The Morgan fingerprint density at radius 3 is 2.00 bits per heavy atom. The average Bonchev–Trinajstić information content (AvgIpc) is 1.64. The second-order valence-electron chi connectivity index (χ2n) is 1.86. The first kappa shape index (κ1) is 8.47. The molecule has 0 saturated heterocycles. The molecule has 0 aromatic rings. The lowest BCUT2D eigenvalue weighted by molar-refractivity contribution is 0.583. The van der Waals surface area contributed by atoms with E-state index in [1.807, 2.05) is 20.1 Å². The smallest absolute Gasteiger partial charge is 0.165 e. The highest BCUT2D eigenvalue weighted by Crippen LogP contribution is 2.17. The molecule has 0 aromatic heterocycles. The van der Waals surface area contributed by atoms with E-state index in [0.717, 1.165) is 0 Å². The number of aliphatic hydroxyl groups is 1. The maximum absolute atomic E-state index is 8.69. The molecule has 1 nitrogen and oxygen atoms in total. The lowest BCUT2D eigenvalue weighted by Gasteiger charge is -2.05. The predicted octanol–water partition coefficient (Wildman–Crippen LogP) is 2.18. The van der Waals surface area contributed by atoms with Crippen molar-refractivity contribution in [3.63, 3.8) is 0 Å². The molecule has 0 fully saturated rings. The van der Waals surface area contributed by atoms with Crippen molar-refractivity contribution in [2.24, 2.45) is 0 Å². The fraction of sp³-hybridized carbons (Fsp3) is 0.800. The summed E-state index contributed by atoms with van der Waals surface area (Å²) in [6, 6.07) is 0. The van der Waals surface area contributed by atoms with Crippen LogP contribution in [0, 0.1) is 0 Å². The van der Waals surface area contributed by atoms with Gasteiger partial charge in [0.2, 0.25) is 0 Å². The fourth-order valence-corrected chi connectivity index (χ4v) is 1.12. The summed E-state index contributed by atoms with van der Waals surface area (Å²) in [6.07, 6.45) is 1.92. The van der Waals surface area contributed by atoms with Gasteiger partial charge in [0, 0.05) is 0 Å². The van der Waals surface area contributed by atoms with E-state index in [9.17, 15) is 0 Å². The zero-order valence-electron chi connectivity index (χ0n) is 5.31. The van der Waals surface area contributed by atoms with Gasteiger partial charge in [0.25, 0.3) is 0 Å². The van der Waals surface area contributed by atoms with E-state index in [-0.39, 0.29) is 15.0 Å². The minimum atomic E-state index is -0.136. The van der Waals surface area contributed by atoms with Crippen LogP contribution < -0.4 is 0 Å². The van der Waals surface area contributed by atoms with Crippen molar-refractivity contribution in [2.45, 2.75) is 19.1 Å². The maximum atomic E-state index is 8.69. The highest BCUT2D eigenvalue weighted by Gasteiger charge is 1.97. The molecule has 0 rings (SSSR count). The largest absolute Gasteiger partial charge is 0.346 e. The SMILES string of the molecule is CC(C)S(C)=C(O)Cl. The highest BCUT2D eigenvalue weighted by atomic mass is 35.5. The van der Waals surface area contributed by atoms with Gasteiger partial charge in [-0.15, -0.1) is 10.5 Å². The van der Waals surface area contributed by atoms with Gasteiger partial charge in [0.1, 0.15) is 0 Å². The van der Waals surface area contributed by atoms with Crippen LogP contribution in [0.3, 0.4) is 0 Å². The van der Waals surface area contributed by atoms with Gasteiger partial charge < -0.3 is 5.11 Å². The summed E-state index contributed by atoms with van der Waals surface area (Å²) in [7, 11) is -0.136. The molecule has 0 aliphatic carbocycles. The van der Waals surface area contributed by atoms with Crippen molar-refractivity contribution >= 4 is 26.6 Å². The molecule has 1 N–H and O–H groups in total. The molecule has 8 heavy (non-hydrogen) atoms. The van der Waals surface area contributed by atoms with Crippen LogP contribution in [0.2, 0.25) is 0 Å². The van der Waals surface area contributed by atoms with Crippen LogP contribution in [0.15, 0.2) is 0 Å². The number of aliphatic hydroxyl groups excluding tert-OH is 1. The van der Waals surface area contributed by atoms with E-state index >= 15 is 0 Å². The number of hydrogen-bond acceptors (Lipinski definition) is 0. The summed E-state index contributed by atoms with van der Waals surface area (Å²) in [4.78, 5) is 0. The number of hydrogen-bond donors (Lipinski definition) is 1. The minimum absolute atomic E-state index is 0.0417. The van der Waals surface area contributed by atoms with Crippen molar-refractivity contribution in [3.8, 4) is 0 Å². The van der Waals surface area contributed by atoms with Crippen LogP contribution in [0.25, 0.3) is 0 Å². The van der Waals surface area contributed by atoms with Gasteiger partial charge in [-0.3, -0.25) is 0 Å². The van der Waals surface area contributed by atoms with Gasteiger partial charge in [0.15, 0.2) is 4.51 Å². The Labute approximate surface area is 57.6 Å². The number of rotatable bonds is 1. The van der Waals surface area contributed by atoms with Crippen molar-refractivity contribution < 1.29 is 5.11 Å². The van der Waals surface area contributed by atoms with E-state index < -0.39 is 0 Å². The Kier molecular flexibility index (Phi) is 3.69. The van der Waals surface area contributed by atoms with Gasteiger partial charge in [0.05, 0.1) is 0 Å². The van der Waals surface area contributed by atoms with Crippen LogP contribution in [0.1, 0.15) is 13.8 Å². The Bertz CT molecular complexity index is 105. The van der Waals surface area contributed by atoms with Gasteiger partial charge in [-0.1, -0.05) is 25.4 Å². The molecular formula is C5H11ClOS. The van der Waals surface area contributed by atoms with E-state index in [4.69, 9.17) is 16.7 Å². The standard InChI is InChI=1S/C5H11ClOS/c1-4(2)8(3)5(6)7/h4,7H,1-3H3. The molecule has 0 aliphatic rings. The monoisotopic (exact) mass is 154 g/mol. The third-order valence-electron chi connectivity index (χ3n) is 0.973. The van der Waals surface area contributed by atoms with Gasteiger partial charge in [-0.25, -0.2) is 0 Å². The lowest BCUT2D eigenvalue weighted by atomic mass is 10.6. The Morgan fingerprint density at radius 1 is 1.62 bits per heavy atom. The topological polar surface area (TPSA) is 20.2 Å². The minimum Gasteiger partial charge on any atom is -0.346 e. The molecule has 0 heterocycles. The molecule has 0 aromatic carbocycles. The Hall–Kier alpha value is 0.470. The third-order valence-corrected chi connectivity index (χ3v) is 3.65. The quantitative estimate of drug-likeness (QED) is 0.454. The van der Waals surface area contributed by atoms with Crippen molar-refractivity contribution in [2.75, 3.05) is 6.26 Å². The summed E-state index contributed by atoms with van der Waals surface area (Å²) in [6.45, 7) is 4.06. The normalized spacial score (nSPS) is 16.5. The molecule has 0 bridgehead atoms. The third kappa shape index (κ3) is 2.70. The van der Waals surface area contributed by atoms with Crippen LogP contribution >= 0.6 is 22.1 Å². The molecule has 0 amide bonds. The molecule has 1 atom stereocenters. The molecule has 0 radical (unpaired) electrons. The van der Waals surface area contributed by atoms with Crippen molar-refractivity contribution in [3.05, 3.63) is 0 Å². The Balaban J connectivity index is 4.00. The zero-order chi connectivity index (χ0) is 6.73. The van der Waals surface area contributed by atoms with E-state index in [1.54, 1.807) is 0 Å². The predicted molar refractivity (Wildman–Crippen MR) is 42.1 cm³/mol. The maximum Gasteiger partial charge on any atom is 0.165 e. The first-order chi connectivity index (χ1) is 3.55. The highest BCUT2D eigenvalue weighted by molar-refractivity contribution is 8.17. The first-order valence-electron chi connectivity index (χ1n) is 2.42. The van der Waals surface area contributed by atoms with E-state index in [1.165, 1.54) is 0 Å². The van der Waals surface area contributed by atoms with Crippen LogP contribution in [-0.2, 0) is 0 Å². The molecule has 0 saturated carbocycles. The van der Waals surface area contributed by atoms with E-state index in [0.29, 0.717) is 5.25 Å². The summed E-state index contributed by atoms with van der Waals surface area (Å²) >= 11 is 5.31. The van der Waals surface area contributed by atoms with Gasteiger partial charge in [-0.05, 0) is 11.5 Å². The molecule has 0 spiro atoms. The van der Waals surface area contributed by atoms with Crippen molar-refractivity contribution in [1.82, 2.24) is 0 Å². The second-order valence-corrected chi connectivity index (χ2v) is 4.89. The molecule has 3 heteroatoms. The molecule has 0 aliphatic heterocycles. The summed E-state index contributed by atoms with van der Waals surface area (Å²) in [5, 5.41) is 9.14. The summed E-state index contributed by atoms with van der Waals surface area (Å²) < 4.78 is 0.0417. The van der Waals surface area contributed by atoms with Crippen LogP contribution in [0.4, 0.5) is 0 Å². The van der Waals surface area contributed by atoms with Crippen LogP contribution in [0.5, 0.6) is 0 Å². The van der Waals surface area contributed by atoms with Crippen molar-refractivity contribution in [1.29, 1.82) is 0 Å². The zero-order valence-corrected chi connectivity index (χ0v) is 6.88. The second kappa shape index (κ2) is 3.49. The fourth-order valence-electron chi connectivity index (χ4n) is 0.194. The van der Waals surface area contributed by atoms with Gasteiger partial charge >= 0.3 is 0 Å². The summed E-state index contributed by atoms with van der Waals surface area (Å²) in [5.74, 6) is 0. The molecular weight excluding hydrogens is 144 g/mol.